The third-order valence-corrected chi connectivity index (χ3v) is 5.71. The van der Waals surface area contributed by atoms with Crippen molar-refractivity contribution in [1.82, 2.24) is 34.9 Å². The number of benzene rings is 1. The molecule has 10 heteroatoms. The summed E-state index contributed by atoms with van der Waals surface area (Å²) in [5.74, 6) is 1.38. The molecule has 0 saturated carbocycles. The predicted octanol–water partition coefficient (Wildman–Crippen LogP) is 0.262. The van der Waals surface area contributed by atoms with Gasteiger partial charge < -0.3 is 14.5 Å². The molecule has 0 bridgehead atoms. The normalized spacial score (nSPS) is 17.4. The molecule has 2 fully saturated rings. The van der Waals surface area contributed by atoms with E-state index in [9.17, 15) is 9.59 Å². The lowest BCUT2D eigenvalue weighted by Crippen LogP contribution is -2.51. The van der Waals surface area contributed by atoms with Crippen LogP contribution in [0.3, 0.4) is 0 Å². The Bertz CT molecular complexity index is 869. The van der Waals surface area contributed by atoms with Gasteiger partial charge in [0, 0.05) is 31.7 Å². The first kappa shape index (κ1) is 20.3. The molecule has 10 nitrogen and oxygen atoms in total. The van der Waals surface area contributed by atoms with Crippen LogP contribution in [0.2, 0.25) is 0 Å². The van der Waals surface area contributed by atoms with Crippen molar-refractivity contribution in [3.8, 4) is 5.75 Å². The SMILES string of the molecule is COc1ccc(C(=O)N2CCN(C(=O)Cn3nnnc3CN3CCCC3)CC2)cc1. The van der Waals surface area contributed by atoms with Crippen LogP contribution < -0.4 is 4.74 Å². The van der Waals surface area contributed by atoms with E-state index in [-0.39, 0.29) is 18.4 Å². The molecule has 0 radical (unpaired) electrons. The lowest BCUT2D eigenvalue weighted by Gasteiger charge is -2.34. The number of carbonyl (C=O) groups excluding carboxylic acids is 2. The van der Waals surface area contributed by atoms with Crippen LogP contribution in [0, 0.1) is 0 Å². The molecule has 4 rings (SSSR count). The number of carbonyl (C=O) groups is 2. The Labute approximate surface area is 175 Å². The summed E-state index contributed by atoms with van der Waals surface area (Å²) in [6.07, 6.45) is 2.39. The van der Waals surface area contributed by atoms with E-state index in [0.29, 0.717) is 44.0 Å². The molecule has 1 aromatic heterocycles. The zero-order chi connectivity index (χ0) is 20.9. The van der Waals surface area contributed by atoms with Crippen molar-refractivity contribution in [3.05, 3.63) is 35.7 Å². The summed E-state index contributed by atoms with van der Waals surface area (Å²) in [7, 11) is 1.60. The number of amides is 2. The van der Waals surface area contributed by atoms with Crippen molar-refractivity contribution >= 4 is 11.8 Å². The van der Waals surface area contributed by atoms with Gasteiger partial charge in [-0.25, -0.2) is 4.68 Å². The lowest BCUT2D eigenvalue weighted by atomic mass is 10.1. The van der Waals surface area contributed by atoms with Gasteiger partial charge >= 0.3 is 0 Å². The largest absolute Gasteiger partial charge is 0.497 e. The van der Waals surface area contributed by atoms with Crippen LogP contribution in [0.25, 0.3) is 0 Å². The number of hydrogen-bond donors (Lipinski definition) is 0. The van der Waals surface area contributed by atoms with Gasteiger partial charge in [0.1, 0.15) is 12.3 Å². The first-order valence-corrected chi connectivity index (χ1v) is 10.3. The van der Waals surface area contributed by atoms with Gasteiger partial charge in [-0.05, 0) is 60.6 Å². The molecule has 2 saturated heterocycles. The fourth-order valence-electron chi connectivity index (χ4n) is 3.90. The van der Waals surface area contributed by atoms with Crippen LogP contribution in [-0.2, 0) is 17.9 Å². The number of rotatable bonds is 6. The van der Waals surface area contributed by atoms with E-state index in [1.54, 1.807) is 45.9 Å². The zero-order valence-electron chi connectivity index (χ0n) is 17.2. The van der Waals surface area contributed by atoms with Gasteiger partial charge in [-0.15, -0.1) is 5.10 Å². The molecular weight excluding hydrogens is 386 g/mol. The highest BCUT2D eigenvalue weighted by molar-refractivity contribution is 5.94. The van der Waals surface area contributed by atoms with E-state index in [1.807, 2.05) is 0 Å². The number of ether oxygens (including phenoxy) is 1. The Kier molecular flexibility index (Phi) is 6.22. The predicted molar refractivity (Wildman–Crippen MR) is 108 cm³/mol. The van der Waals surface area contributed by atoms with Gasteiger partial charge in [0.25, 0.3) is 5.91 Å². The van der Waals surface area contributed by atoms with Crippen molar-refractivity contribution in [2.75, 3.05) is 46.4 Å². The summed E-state index contributed by atoms with van der Waals surface area (Å²) in [4.78, 5) is 31.3. The molecular formula is C20H27N7O3. The van der Waals surface area contributed by atoms with Crippen molar-refractivity contribution in [1.29, 1.82) is 0 Å². The Morgan fingerprint density at radius 3 is 2.30 bits per heavy atom. The zero-order valence-corrected chi connectivity index (χ0v) is 17.2. The van der Waals surface area contributed by atoms with Gasteiger partial charge in [-0.3, -0.25) is 14.5 Å². The van der Waals surface area contributed by atoms with Crippen LogP contribution in [0.5, 0.6) is 5.75 Å². The van der Waals surface area contributed by atoms with E-state index in [4.69, 9.17) is 4.74 Å². The number of nitrogens with zero attached hydrogens (tertiary/aromatic N) is 7. The topological polar surface area (TPSA) is 96.7 Å². The number of piperazine rings is 1. The number of methoxy groups -OCH3 is 1. The van der Waals surface area contributed by atoms with E-state index < -0.39 is 0 Å². The van der Waals surface area contributed by atoms with Crippen molar-refractivity contribution in [2.45, 2.75) is 25.9 Å². The average Bonchev–Trinajstić information content (AvgIpc) is 3.46. The average molecular weight is 413 g/mol. The molecule has 1 aromatic carbocycles. The van der Waals surface area contributed by atoms with Crippen LogP contribution in [0.1, 0.15) is 29.0 Å². The Hall–Kier alpha value is -3.01. The molecule has 2 aromatic rings. The molecule has 3 heterocycles. The molecule has 2 aliphatic rings. The first-order chi connectivity index (χ1) is 14.6. The van der Waals surface area contributed by atoms with Crippen LogP contribution in [-0.4, -0.2) is 93.1 Å². The molecule has 0 spiro atoms. The standard InChI is InChI=1S/C20H27N7O3/c1-30-17-6-4-16(5-7-17)20(29)26-12-10-25(11-13-26)19(28)15-27-18(21-22-23-27)14-24-8-2-3-9-24/h4-7H,2-3,8-15H2,1H3. The molecule has 2 aliphatic heterocycles. The van der Waals surface area contributed by atoms with Crippen molar-refractivity contribution in [2.24, 2.45) is 0 Å². The fraction of sp³-hybridized carbons (Fsp3) is 0.550. The number of aromatic nitrogens is 4. The van der Waals surface area contributed by atoms with Crippen LogP contribution in [0.4, 0.5) is 0 Å². The molecule has 160 valence electrons. The monoisotopic (exact) mass is 413 g/mol. The fourth-order valence-corrected chi connectivity index (χ4v) is 3.90. The summed E-state index contributed by atoms with van der Waals surface area (Å²) in [6, 6.07) is 7.08. The molecule has 0 unspecified atom stereocenters. The Morgan fingerprint density at radius 1 is 0.967 bits per heavy atom. The first-order valence-electron chi connectivity index (χ1n) is 10.3. The van der Waals surface area contributed by atoms with Crippen LogP contribution in [0.15, 0.2) is 24.3 Å². The highest BCUT2D eigenvalue weighted by Crippen LogP contribution is 2.15. The maximum atomic E-state index is 12.8. The lowest BCUT2D eigenvalue weighted by molar-refractivity contribution is -0.133. The highest BCUT2D eigenvalue weighted by Gasteiger charge is 2.26. The van der Waals surface area contributed by atoms with Gasteiger partial charge in [0.05, 0.1) is 13.7 Å². The molecule has 0 atom stereocenters. The molecule has 30 heavy (non-hydrogen) atoms. The second kappa shape index (κ2) is 9.21. The van der Waals surface area contributed by atoms with E-state index in [1.165, 1.54) is 12.8 Å². The minimum absolute atomic E-state index is 0.0264. The maximum absolute atomic E-state index is 12.8. The number of tetrazole rings is 1. The smallest absolute Gasteiger partial charge is 0.253 e. The van der Waals surface area contributed by atoms with Crippen LogP contribution >= 0.6 is 0 Å². The summed E-state index contributed by atoms with van der Waals surface area (Å²) < 4.78 is 6.73. The molecule has 2 amide bonds. The summed E-state index contributed by atoms with van der Waals surface area (Å²) in [5.41, 5.74) is 0.621. The molecule has 0 N–H and O–H groups in total. The maximum Gasteiger partial charge on any atom is 0.253 e. The Morgan fingerprint density at radius 2 is 1.63 bits per heavy atom. The third-order valence-electron chi connectivity index (χ3n) is 5.71. The van der Waals surface area contributed by atoms with Gasteiger partial charge in [-0.2, -0.15) is 0 Å². The van der Waals surface area contributed by atoms with Crippen molar-refractivity contribution < 1.29 is 14.3 Å². The van der Waals surface area contributed by atoms with E-state index >= 15 is 0 Å². The van der Waals surface area contributed by atoms with Gasteiger partial charge in [0.2, 0.25) is 5.91 Å². The summed E-state index contributed by atoms with van der Waals surface area (Å²) >= 11 is 0. The quantitative estimate of drug-likeness (QED) is 0.670. The highest BCUT2D eigenvalue weighted by atomic mass is 16.5. The van der Waals surface area contributed by atoms with Gasteiger partial charge in [-0.1, -0.05) is 0 Å². The minimum Gasteiger partial charge on any atom is -0.497 e. The molecule has 0 aliphatic carbocycles. The van der Waals surface area contributed by atoms with Gasteiger partial charge in [0.15, 0.2) is 5.82 Å². The Balaban J connectivity index is 1.29. The van der Waals surface area contributed by atoms with E-state index in [2.05, 4.69) is 20.4 Å². The second-order valence-corrected chi connectivity index (χ2v) is 7.64. The minimum atomic E-state index is -0.0295. The number of hydrogen-bond acceptors (Lipinski definition) is 7. The summed E-state index contributed by atoms with van der Waals surface area (Å²) in [6.45, 7) is 4.91. The number of likely N-dealkylation sites (tertiary alicyclic amines) is 1. The third kappa shape index (κ3) is 4.59. The summed E-state index contributed by atoms with van der Waals surface area (Å²) in [5, 5.41) is 11.8. The van der Waals surface area contributed by atoms with E-state index in [0.717, 1.165) is 18.9 Å². The van der Waals surface area contributed by atoms with Crippen molar-refractivity contribution in [3.63, 3.8) is 0 Å². The second-order valence-electron chi connectivity index (χ2n) is 7.64.